The summed E-state index contributed by atoms with van der Waals surface area (Å²) in [6, 6.07) is 9.08. The van der Waals surface area contributed by atoms with Crippen LogP contribution in [-0.4, -0.2) is 5.91 Å². The van der Waals surface area contributed by atoms with E-state index >= 15 is 0 Å². The summed E-state index contributed by atoms with van der Waals surface area (Å²) in [4.78, 5) is 12.0. The molecule has 3 nitrogen and oxygen atoms in total. The average Bonchev–Trinajstić information content (AvgIpc) is 2.35. The second-order valence-corrected chi connectivity index (χ2v) is 5.47. The lowest BCUT2D eigenvalue weighted by molar-refractivity contribution is 0.102. The van der Waals surface area contributed by atoms with Crippen LogP contribution >= 0.6 is 34.2 Å². The second kappa shape index (κ2) is 5.75. The van der Waals surface area contributed by atoms with Gasteiger partial charge in [-0.2, -0.15) is 0 Å². The highest BCUT2D eigenvalue weighted by molar-refractivity contribution is 14.1. The Morgan fingerprint density at radius 1 is 1.26 bits per heavy atom. The molecule has 0 aliphatic heterocycles. The fraction of sp³-hybridized carbons (Fsp3) is 0. The molecule has 98 valence electrons. The van der Waals surface area contributed by atoms with Gasteiger partial charge in [-0.05, 0) is 59.0 Å². The lowest BCUT2D eigenvalue weighted by Crippen LogP contribution is -2.14. The number of carbonyl (C=O) groups excluding carboxylic acids is 1. The molecule has 0 heterocycles. The molecule has 0 bridgehead atoms. The molecule has 0 saturated carbocycles. The summed E-state index contributed by atoms with van der Waals surface area (Å²) in [5.74, 6) is -1.00. The number of halogens is 3. The van der Waals surface area contributed by atoms with Crippen molar-refractivity contribution in [2.45, 2.75) is 0 Å². The van der Waals surface area contributed by atoms with E-state index in [2.05, 4.69) is 5.32 Å². The maximum absolute atomic E-state index is 13.6. The lowest BCUT2D eigenvalue weighted by Gasteiger charge is -2.08. The minimum Gasteiger partial charge on any atom is -0.399 e. The Morgan fingerprint density at radius 3 is 2.68 bits per heavy atom. The maximum Gasteiger partial charge on any atom is 0.257 e. The van der Waals surface area contributed by atoms with E-state index in [1.165, 1.54) is 24.3 Å². The van der Waals surface area contributed by atoms with Gasteiger partial charge in [-0.3, -0.25) is 4.79 Å². The number of anilines is 2. The van der Waals surface area contributed by atoms with Gasteiger partial charge in [0.15, 0.2) is 0 Å². The number of nitrogens with two attached hydrogens (primary N) is 1. The van der Waals surface area contributed by atoms with Crippen LogP contribution in [0.4, 0.5) is 15.8 Å². The van der Waals surface area contributed by atoms with Gasteiger partial charge in [-0.1, -0.05) is 11.6 Å². The van der Waals surface area contributed by atoms with Crippen LogP contribution in [0, 0.1) is 9.39 Å². The van der Waals surface area contributed by atoms with E-state index in [1.54, 1.807) is 12.1 Å². The minimum absolute atomic E-state index is 0.101. The van der Waals surface area contributed by atoms with Crippen molar-refractivity contribution in [3.05, 3.63) is 56.4 Å². The Hall–Kier alpha value is -1.34. The number of nitrogens with one attached hydrogen (secondary N) is 1. The molecular formula is C13H9ClFIN2O. The predicted molar refractivity (Wildman–Crippen MR) is 82.9 cm³/mol. The fourth-order valence-corrected chi connectivity index (χ4v) is 2.15. The molecule has 0 aliphatic carbocycles. The number of carbonyl (C=O) groups is 1. The minimum atomic E-state index is -0.502. The highest BCUT2D eigenvalue weighted by Crippen LogP contribution is 2.22. The van der Waals surface area contributed by atoms with Gasteiger partial charge in [0.2, 0.25) is 0 Å². The molecule has 1 amide bonds. The lowest BCUT2D eigenvalue weighted by atomic mass is 10.2. The monoisotopic (exact) mass is 390 g/mol. The molecule has 2 rings (SSSR count). The molecule has 0 spiro atoms. The summed E-state index contributed by atoms with van der Waals surface area (Å²) >= 11 is 7.90. The fourth-order valence-electron chi connectivity index (χ4n) is 1.50. The number of hydrogen-bond acceptors (Lipinski definition) is 2. The van der Waals surface area contributed by atoms with E-state index in [1.807, 2.05) is 22.6 Å². The summed E-state index contributed by atoms with van der Waals surface area (Å²) in [5, 5.41) is 2.73. The van der Waals surface area contributed by atoms with Gasteiger partial charge in [0.25, 0.3) is 5.91 Å². The van der Waals surface area contributed by atoms with Crippen LogP contribution in [0.25, 0.3) is 0 Å². The van der Waals surface area contributed by atoms with Crippen LogP contribution in [0.15, 0.2) is 36.4 Å². The zero-order chi connectivity index (χ0) is 14.0. The van der Waals surface area contributed by atoms with Crippen molar-refractivity contribution >= 4 is 51.5 Å². The van der Waals surface area contributed by atoms with Crippen LogP contribution in [0.3, 0.4) is 0 Å². The van der Waals surface area contributed by atoms with Gasteiger partial charge in [0.1, 0.15) is 5.82 Å². The number of amides is 1. The molecule has 6 heteroatoms. The highest BCUT2D eigenvalue weighted by Gasteiger charge is 2.13. The standard InChI is InChI=1S/C13H9ClFIN2O/c14-10-3-2-8(17)6-9(10)13(19)18-12-4-1-7(16)5-11(12)15/h1-6H,17H2,(H,18,19). The quantitative estimate of drug-likeness (QED) is 0.603. The number of rotatable bonds is 2. The van der Waals surface area contributed by atoms with E-state index in [0.29, 0.717) is 5.69 Å². The maximum atomic E-state index is 13.6. The normalized spacial score (nSPS) is 10.3. The van der Waals surface area contributed by atoms with Crippen molar-refractivity contribution in [1.29, 1.82) is 0 Å². The Bertz CT molecular complexity index is 649. The smallest absolute Gasteiger partial charge is 0.257 e. The number of hydrogen-bond donors (Lipinski definition) is 2. The summed E-state index contributed by atoms with van der Waals surface area (Å²) < 4.78 is 14.4. The zero-order valence-corrected chi connectivity index (χ0v) is 12.5. The molecule has 0 saturated heterocycles. The van der Waals surface area contributed by atoms with Crippen LogP contribution in [0.5, 0.6) is 0 Å². The first-order chi connectivity index (χ1) is 8.97. The van der Waals surface area contributed by atoms with Gasteiger partial charge in [-0.15, -0.1) is 0 Å². The van der Waals surface area contributed by atoms with Gasteiger partial charge in [0, 0.05) is 9.26 Å². The Kier molecular flexibility index (Phi) is 4.26. The van der Waals surface area contributed by atoms with Crippen molar-refractivity contribution in [2.24, 2.45) is 0 Å². The van der Waals surface area contributed by atoms with E-state index < -0.39 is 11.7 Å². The van der Waals surface area contributed by atoms with Crippen LogP contribution in [-0.2, 0) is 0 Å². The first kappa shape index (κ1) is 14.1. The topological polar surface area (TPSA) is 55.1 Å². The first-order valence-electron chi connectivity index (χ1n) is 5.29. The first-order valence-corrected chi connectivity index (χ1v) is 6.74. The second-order valence-electron chi connectivity index (χ2n) is 3.82. The molecule has 2 aromatic carbocycles. The average molecular weight is 391 g/mol. The van der Waals surface area contributed by atoms with Crippen molar-refractivity contribution in [3.8, 4) is 0 Å². The van der Waals surface area contributed by atoms with Crippen molar-refractivity contribution < 1.29 is 9.18 Å². The van der Waals surface area contributed by atoms with Gasteiger partial charge >= 0.3 is 0 Å². The van der Waals surface area contributed by atoms with Crippen molar-refractivity contribution in [3.63, 3.8) is 0 Å². The van der Waals surface area contributed by atoms with E-state index in [4.69, 9.17) is 17.3 Å². The molecule has 0 aromatic heterocycles. The molecule has 0 unspecified atom stereocenters. The van der Waals surface area contributed by atoms with Gasteiger partial charge < -0.3 is 11.1 Å². The summed E-state index contributed by atoms with van der Waals surface area (Å²) in [7, 11) is 0. The van der Waals surface area contributed by atoms with Crippen LogP contribution in [0.1, 0.15) is 10.4 Å². The van der Waals surface area contributed by atoms with E-state index in [0.717, 1.165) is 3.57 Å². The number of nitrogen functional groups attached to an aromatic ring is 1. The largest absolute Gasteiger partial charge is 0.399 e. The van der Waals surface area contributed by atoms with Crippen LogP contribution < -0.4 is 11.1 Å². The Balaban J connectivity index is 2.28. The molecular weight excluding hydrogens is 382 g/mol. The highest BCUT2D eigenvalue weighted by atomic mass is 127. The third kappa shape index (κ3) is 3.36. The predicted octanol–water partition coefficient (Wildman–Crippen LogP) is 3.92. The summed E-state index contributed by atoms with van der Waals surface area (Å²) in [6.45, 7) is 0. The zero-order valence-electron chi connectivity index (χ0n) is 9.58. The summed E-state index contributed by atoms with van der Waals surface area (Å²) in [5.41, 5.74) is 6.32. The molecule has 2 aromatic rings. The SMILES string of the molecule is Nc1ccc(Cl)c(C(=O)Nc2ccc(I)cc2F)c1. The number of benzene rings is 2. The third-order valence-electron chi connectivity index (χ3n) is 2.41. The van der Waals surface area contributed by atoms with Crippen molar-refractivity contribution in [2.75, 3.05) is 11.1 Å². The summed E-state index contributed by atoms with van der Waals surface area (Å²) in [6.07, 6.45) is 0. The van der Waals surface area contributed by atoms with Crippen LogP contribution in [0.2, 0.25) is 5.02 Å². The molecule has 0 atom stereocenters. The van der Waals surface area contributed by atoms with E-state index in [9.17, 15) is 9.18 Å². The van der Waals surface area contributed by atoms with Gasteiger partial charge in [0.05, 0.1) is 16.3 Å². The van der Waals surface area contributed by atoms with Crippen molar-refractivity contribution in [1.82, 2.24) is 0 Å². The Morgan fingerprint density at radius 2 is 2.00 bits per heavy atom. The van der Waals surface area contributed by atoms with E-state index in [-0.39, 0.29) is 16.3 Å². The Labute approximate surface area is 128 Å². The third-order valence-corrected chi connectivity index (χ3v) is 3.41. The molecule has 3 N–H and O–H groups in total. The molecule has 19 heavy (non-hydrogen) atoms. The molecule has 0 radical (unpaired) electrons. The van der Waals surface area contributed by atoms with Gasteiger partial charge in [-0.25, -0.2) is 4.39 Å². The molecule has 0 aliphatic rings. The molecule has 0 fully saturated rings.